The standard InChI is InChI=1S/C14H14BrFN2OS/c1-14(2,3)13-12(20-18-17-13)10(19)7-8-5-4-6-9(16)11(8)15/h4-6H,7H2,1-3H3. The Morgan fingerprint density at radius 2 is 2.10 bits per heavy atom. The van der Waals surface area contributed by atoms with Crippen LogP contribution in [-0.2, 0) is 11.8 Å². The highest BCUT2D eigenvalue weighted by molar-refractivity contribution is 9.10. The molecule has 0 aliphatic heterocycles. The Bertz CT molecular complexity index is 649. The van der Waals surface area contributed by atoms with Crippen molar-refractivity contribution in [3.63, 3.8) is 0 Å². The topological polar surface area (TPSA) is 42.9 Å². The summed E-state index contributed by atoms with van der Waals surface area (Å²) in [6.07, 6.45) is 0.130. The fourth-order valence-corrected chi connectivity index (χ4v) is 3.02. The van der Waals surface area contributed by atoms with Gasteiger partial charge in [0.05, 0.1) is 10.2 Å². The number of aromatic nitrogens is 2. The number of carbonyl (C=O) groups is 1. The molecule has 0 aliphatic carbocycles. The van der Waals surface area contributed by atoms with Crippen molar-refractivity contribution in [1.82, 2.24) is 9.59 Å². The second kappa shape index (κ2) is 5.69. The van der Waals surface area contributed by atoms with Gasteiger partial charge in [-0.25, -0.2) is 4.39 Å². The average Bonchev–Trinajstić information content (AvgIpc) is 2.84. The van der Waals surface area contributed by atoms with Crippen LogP contribution in [0.2, 0.25) is 0 Å². The molecular weight excluding hydrogens is 343 g/mol. The van der Waals surface area contributed by atoms with Crippen molar-refractivity contribution in [1.29, 1.82) is 0 Å². The molecule has 0 saturated carbocycles. The molecule has 106 valence electrons. The highest BCUT2D eigenvalue weighted by Crippen LogP contribution is 2.28. The summed E-state index contributed by atoms with van der Waals surface area (Å²) in [7, 11) is 0. The first kappa shape index (κ1) is 15.3. The number of ketones is 1. The van der Waals surface area contributed by atoms with Crippen LogP contribution in [0.25, 0.3) is 0 Å². The molecule has 0 atom stereocenters. The van der Waals surface area contributed by atoms with E-state index in [4.69, 9.17) is 0 Å². The molecule has 0 amide bonds. The first-order valence-electron chi connectivity index (χ1n) is 6.09. The number of benzene rings is 1. The van der Waals surface area contributed by atoms with Crippen LogP contribution < -0.4 is 0 Å². The number of rotatable bonds is 3. The fraction of sp³-hybridized carbons (Fsp3) is 0.357. The number of carbonyl (C=O) groups excluding carboxylic acids is 1. The number of nitrogens with zero attached hydrogens (tertiary/aromatic N) is 2. The average molecular weight is 357 g/mol. The van der Waals surface area contributed by atoms with Gasteiger partial charge in [-0.3, -0.25) is 4.79 Å². The van der Waals surface area contributed by atoms with E-state index >= 15 is 0 Å². The predicted octanol–water partition coefficient (Wildman–Crippen LogP) is 4.16. The lowest BCUT2D eigenvalue weighted by molar-refractivity contribution is 0.0994. The first-order chi connectivity index (χ1) is 9.30. The molecule has 0 bridgehead atoms. The summed E-state index contributed by atoms with van der Waals surface area (Å²) in [6.45, 7) is 5.95. The summed E-state index contributed by atoms with van der Waals surface area (Å²) in [5, 5.41) is 4.05. The Morgan fingerprint density at radius 3 is 2.75 bits per heavy atom. The summed E-state index contributed by atoms with van der Waals surface area (Å²) < 4.78 is 17.7. The maximum Gasteiger partial charge on any atom is 0.180 e. The Morgan fingerprint density at radius 1 is 1.40 bits per heavy atom. The third-order valence-electron chi connectivity index (χ3n) is 2.83. The van der Waals surface area contributed by atoms with Crippen LogP contribution in [0.5, 0.6) is 0 Å². The van der Waals surface area contributed by atoms with Crippen molar-refractivity contribution in [2.45, 2.75) is 32.6 Å². The van der Waals surface area contributed by atoms with Gasteiger partial charge in [-0.15, -0.1) is 5.10 Å². The molecule has 1 aromatic carbocycles. The zero-order valence-corrected chi connectivity index (χ0v) is 13.8. The van der Waals surface area contributed by atoms with E-state index in [1.807, 2.05) is 20.8 Å². The van der Waals surface area contributed by atoms with Crippen LogP contribution in [0.1, 0.15) is 41.7 Å². The molecule has 2 aromatic rings. The zero-order valence-electron chi connectivity index (χ0n) is 11.4. The molecule has 0 N–H and O–H groups in total. The molecule has 3 nitrogen and oxygen atoms in total. The lowest BCUT2D eigenvalue weighted by Gasteiger charge is -2.16. The molecule has 20 heavy (non-hydrogen) atoms. The van der Waals surface area contributed by atoms with Gasteiger partial charge < -0.3 is 0 Å². The molecule has 2 rings (SSSR count). The van der Waals surface area contributed by atoms with Gasteiger partial charge in [-0.05, 0) is 39.1 Å². The Hall–Kier alpha value is -1.14. The highest BCUT2D eigenvalue weighted by Gasteiger charge is 2.26. The first-order valence-corrected chi connectivity index (χ1v) is 7.66. The zero-order chi connectivity index (χ0) is 14.9. The van der Waals surface area contributed by atoms with Crippen LogP contribution in [0.4, 0.5) is 4.39 Å². The van der Waals surface area contributed by atoms with E-state index in [1.54, 1.807) is 12.1 Å². The number of hydrogen-bond acceptors (Lipinski definition) is 4. The SMILES string of the molecule is CC(C)(C)c1nnsc1C(=O)Cc1cccc(F)c1Br. The molecule has 6 heteroatoms. The normalized spacial score (nSPS) is 11.7. The van der Waals surface area contributed by atoms with Crippen LogP contribution in [-0.4, -0.2) is 15.4 Å². The summed E-state index contributed by atoms with van der Waals surface area (Å²) in [5.41, 5.74) is 1.08. The van der Waals surface area contributed by atoms with E-state index in [0.29, 0.717) is 20.6 Å². The number of hydrogen-bond donors (Lipinski definition) is 0. The second-order valence-electron chi connectivity index (χ2n) is 5.51. The van der Waals surface area contributed by atoms with Crippen LogP contribution in [0.3, 0.4) is 0 Å². The molecule has 0 radical (unpaired) electrons. The van der Waals surface area contributed by atoms with Gasteiger partial charge >= 0.3 is 0 Å². The summed E-state index contributed by atoms with van der Waals surface area (Å²) in [6, 6.07) is 4.68. The van der Waals surface area contributed by atoms with E-state index < -0.39 is 0 Å². The number of Topliss-reactive ketones (excluding diaryl/α,β-unsaturated/α-hetero) is 1. The molecule has 0 unspecified atom stereocenters. The molecule has 0 aliphatic rings. The van der Waals surface area contributed by atoms with Crippen molar-refractivity contribution < 1.29 is 9.18 Å². The van der Waals surface area contributed by atoms with Gasteiger partial charge in [0.1, 0.15) is 10.7 Å². The summed E-state index contributed by atoms with van der Waals surface area (Å²) in [5.74, 6) is -0.454. The highest BCUT2D eigenvalue weighted by atomic mass is 79.9. The Labute approximate surface area is 129 Å². The van der Waals surface area contributed by atoms with Crippen molar-refractivity contribution in [2.24, 2.45) is 0 Å². The van der Waals surface area contributed by atoms with Gasteiger partial charge in [0.2, 0.25) is 0 Å². The van der Waals surface area contributed by atoms with Crippen LogP contribution >= 0.6 is 27.5 Å². The Kier molecular flexibility index (Phi) is 4.34. The van der Waals surface area contributed by atoms with Gasteiger partial charge in [-0.2, -0.15) is 0 Å². The van der Waals surface area contributed by atoms with Crippen LogP contribution in [0.15, 0.2) is 22.7 Å². The van der Waals surface area contributed by atoms with Crippen LogP contribution in [0, 0.1) is 5.82 Å². The van der Waals surface area contributed by atoms with Gasteiger partial charge in [0.15, 0.2) is 5.78 Å². The summed E-state index contributed by atoms with van der Waals surface area (Å²) in [4.78, 5) is 12.9. The molecule has 0 fully saturated rings. The molecule has 1 heterocycles. The van der Waals surface area contributed by atoms with Crippen molar-refractivity contribution in [3.05, 3.63) is 44.6 Å². The van der Waals surface area contributed by atoms with E-state index in [0.717, 1.165) is 11.5 Å². The van der Waals surface area contributed by atoms with Crippen molar-refractivity contribution in [3.8, 4) is 0 Å². The van der Waals surface area contributed by atoms with Gasteiger partial charge in [0.25, 0.3) is 0 Å². The molecule has 0 spiro atoms. The van der Waals surface area contributed by atoms with Gasteiger partial charge in [0, 0.05) is 11.8 Å². The second-order valence-corrected chi connectivity index (χ2v) is 7.06. The predicted molar refractivity (Wildman–Crippen MR) is 80.7 cm³/mol. The lowest BCUT2D eigenvalue weighted by atomic mass is 9.90. The molecular formula is C14H14BrFN2OS. The maximum atomic E-state index is 13.5. The molecule has 1 aromatic heterocycles. The van der Waals surface area contributed by atoms with E-state index in [-0.39, 0.29) is 23.4 Å². The number of halogens is 2. The van der Waals surface area contributed by atoms with Crippen molar-refractivity contribution >= 4 is 33.2 Å². The van der Waals surface area contributed by atoms with E-state index in [9.17, 15) is 9.18 Å². The lowest BCUT2D eigenvalue weighted by Crippen LogP contribution is -2.17. The molecule has 0 saturated heterocycles. The minimum atomic E-state index is -0.367. The maximum absolute atomic E-state index is 13.5. The van der Waals surface area contributed by atoms with Crippen molar-refractivity contribution in [2.75, 3.05) is 0 Å². The quantitative estimate of drug-likeness (QED) is 0.775. The smallest absolute Gasteiger partial charge is 0.180 e. The minimum Gasteiger partial charge on any atom is -0.293 e. The Balaban J connectivity index is 2.30. The monoisotopic (exact) mass is 356 g/mol. The fourth-order valence-electron chi connectivity index (χ4n) is 1.80. The third kappa shape index (κ3) is 3.12. The minimum absolute atomic E-state index is 0.0868. The summed E-state index contributed by atoms with van der Waals surface area (Å²) >= 11 is 4.27. The van der Waals surface area contributed by atoms with E-state index in [1.165, 1.54) is 6.07 Å². The van der Waals surface area contributed by atoms with Gasteiger partial charge in [-0.1, -0.05) is 37.4 Å². The third-order valence-corrected chi connectivity index (χ3v) is 4.49. The largest absolute Gasteiger partial charge is 0.293 e. The van der Waals surface area contributed by atoms with E-state index in [2.05, 4.69) is 25.5 Å².